The number of nitrogens with zero attached hydrogens (tertiary/aromatic N) is 1. The summed E-state index contributed by atoms with van der Waals surface area (Å²) < 4.78 is 16.7. The minimum atomic E-state index is -1.63. The van der Waals surface area contributed by atoms with Gasteiger partial charge in [0, 0.05) is 18.6 Å². The first-order valence-corrected chi connectivity index (χ1v) is 13.9. The van der Waals surface area contributed by atoms with Crippen molar-refractivity contribution in [3.8, 4) is 28.7 Å². The molecule has 1 saturated heterocycles. The molecule has 7 atom stereocenters. The van der Waals surface area contributed by atoms with Gasteiger partial charge in [-0.15, -0.1) is 0 Å². The molecular formula is C31H35NO10. The Kier molecular flexibility index (Phi) is 7.64. The predicted molar refractivity (Wildman–Crippen MR) is 149 cm³/mol. The van der Waals surface area contributed by atoms with Gasteiger partial charge in [0.15, 0.2) is 23.0 Å². The maximum Gasteiger partial charge on any atom is 0.229 e. The van der Waals surface area contributed by atoms with Gasteiger partial charge in [-0.05, 0) is 83.5 Å². The Morgan fingerprint density at radius 1 is 0.857 bits per heavy atom. The number of ether oxygens (including phenoxy) is 3. The van der Waals surface area contributed by atoms with Gasteiger partial charge >= 0.3 is 0 Å². The Morgan fingerprint density at radius 2 is 1.60 bits per heavy atom. The van der Waals surface area contributed by atoms with Crippen molar-refractivity contribution < 1.29 is 50.0 Å². The predicted octanol–water partition coefficient (Wildman–Crippen LogP) is 1.43. The summed E-state index contributed by atoms with van der Waals surface area (Å²) in [5, 5.41) is 71.8. The normalized spacial score (nSPS) is 28.8. The fourth-order valence-corrected chi connectivity index (χ4v) is 6.47. The van der Waals surface area contributed by atoms with E-state index in [1.54, 1.807) is 30.3 Å². The van der Waals surface area contributed by atoms with Crippen LogP contribution in [0.5, 0.6) is 28.7 Å². The van der Waals surface area contributed by atoms with Crippen LogP contribution in [0.25, 0.3) is 0 Å². The molecule has 224 valence electrons. The number of hydrogen-bond donors (Lipinski definition) is 7. The number of methoxy groups -OCH3 is 1. The summed E-state index contributed by atoms with van der Waals surface area (Å²) >= 11 is 0. The smallest absolute Gasteiger partial charge is 0.229 e. The van der Waals surface area contributed by atoms with Crippen LogP contribution in [0.4, 0.5) is 0 Å². The number of hydrogen-bond acceptors (Lipinski definition) is 11. The van der Waals surface area contributed by atoms with Gasteiger partial charge in [0.1, 0.15) is 30.2 Å². The molecule has 3 aliphatic rings. The van der Waals surface area contributed by atoms with Crippen LogP contribution in [0.2, 0.25) is 0 Å². The van der Waals surface area contributed by atoms with Gasteiger partial charge in [-0.1, -0.05) is 12.1 Å². The van der Waals surface area contributed by atoms with E-state index in [0.29, 0.717) is 18.6 Å². The standard InChI is InChI=1S/C31H35NO10/c1-40-25-11-16-6-7-32-21(8-15-2-4-18(34)5-3-15)20-13-26(41-31-30(39)29(38)28(37)27(14-33)42-31)23(35)10-17(20)9-22(32)19(16)12-24(25)36/h2-5,10-13,21-22,27-31,33-39H,6-9,14H2,1H3/t21?,22?,27-,28-,29+,30-,31-/m1/s1. The largest absolute Gasteiger partial charge is 0.508 e. The van der Waals surface area contributed by atoms with Crippen molar-refractivity contribution in [2.75, 3.05) is 20.3 Å². The lowest BCUT2D eigenvalue weighted by Crippen LogP contribution is -2.60. The van der Waals surface area contributed by atoms with E-state index in [4.69, 9.17) is 14.2 Å². The molecular weight excluding hydrogens is 546 g/mol. The first-order chi connectivity index (χ1) is 20.2. The highest BCUT2D eigenvalue weighted by Crippen LogP contribution is 2.49. The van der Waals surface area contributed by atoms with E-state index in [9.17, 15) is 35.7 Å². The number of aliphatic hydroxyl groups excluding tert-OH is 4. The topological polar surface area (TPSA) is 173 Å². The molecule has 3 heterocycles. The Balaban J connectivity index is 1.39. The van der Waals surface area contributed by atoms with Crippen LogP contribution < -0.4 is 9.47 Å². The summed E-state index contributed by atoms with van der Waals surface area (Å²) in [6.07, 6.45) is -5.52. The van der Waals surface area contributed by atoms with Crippen LogP contribution in [-0.2, 0) is 24.0 Å². The van der Waals surface area contributed by atoms with Gasteiger partial charge in [-0.2, -0.15) is 0 Å². The second kappa shape index (κ2) is 11.3. The summed E-state index contributed by atoms with van der Waals surface area (Å²) in [5.41, 5.74) is 4.82. The summed E-state index contributed by atoms with van der Waals surface area (Å²) in [6.45, 7) is 0.118. The molecule has 0 amide bonds. The molecule has 11 heteroatoms. The van der Waals surface area contributed by atoms with Gasteiger partial charge in [0.25, 0.3) is 0 Å². The minimum absolute atomic E-state index is 0.0204. The van der Waals surface area contributed by atoms with E-state index in [0.717, 1.165) is 40.8 Å². The van der Waals surface area contributed by atoms with E-state index >= 15 is 0 Å². The van der Waals surface area contributed by atoms with Crippen LogP contribution in [-0.4, -0.2) is 91.6 Å². The molecule has 42 heavy (non-hydrogen) atoms. The molecule has 6 rings (SSSR count). The molecule has 2 unspecified atom stereocenters. The zero-order valence-electron chi connectivity index (χ0n) is 23.0. The van der Waals surface area contributed by atoms with E-state index in [1.165, 1.54) is 7.11 Å². The molecule has 3 aliphatic heterocycles. The van der Waals surface area contributed by atoms with Crippen LogP contribution in [0.15, 0.2) is 48.5 Å². The highest BCUT2D eigenvalue weighted by molar-refractivity contribution is 5.53. The van der Waals surface area contributed by atoms with Crippen molar-refractivity contribution in [2.24, 2.45) is 0 Å². The van der Waals surface area contributed by atoms with E-state index in [-0.39, 0.29) is 35.1 Å². The third kappa shape index (κ3) is 5.02. The zero-order chi connectivity index (χ0) is 29.7. The molecule has 0 aromatic heterocycles. The molecule has 1 fully saturated rings. The van der Waals surface area contributed by atoms with Crippen LogP contribution in [0.1, 0.15) is 39.9 Å². The number of benzene rings is 3. The van der Waals surface area contributed by atoms with Gasteiger partial charge < -0.3 is 50.0 Å². The fraction of sp³-hybridized carbons (Fsp3) is 0.419. The Bertz CT molecular complexity index is 1440. The van der Waals surface area contributed by atoms with Crippen LogP contribution in [0, 0.1) is 0 Å². The lowest BCUT2D eigenvalue weighted by atomic mass is 9.79. The molecule has 0 saturated carbocycles. The number of fused-ring (bicyclic) bond motifs is 4. The van der Waals surface area contributed by atoms with Crippen molar-refractivity contribution in [3.05, 3.63) is 76.3 Å². The molecule has 7 N–H and O–H groups in total. The van der Waals surface area contributed by atoms with E-state index in [2.05, 4.69) is 4.90 Å². The van der Waals surface area contributed by atoms with Crippen molar-refractivity contribution in [1.29, 1.82) is 0 Å². The lowest BCUT2D eigenvalue weighted by Gasteiger charge is -2.47. The van der Waals surface area contributed by atoms with Crippen molar-refractivity contribution in [1.82, 2.24) is 4.90 Å². The van der Waals surface area contributed by atoms with E-state index in [1.807, 2.05) is 18.2 Å². The summed E-state index contributed by atoms with van der Waals surface area (Å²) in [5.74, 6) is 0.470. The number of phenols is 3. The highest BCUT2D eigenvalue weighted by Gasteiger charge is 2.45. The SMILES string of the molecule is COc1cc2c(cc1O)C1Cc3cc(O)c(O[C@@H]4O[C@H](CO)[C@@H](O)[C@H](O)[C@H]4O)cc3C(Cc3ccc(O)cc3)N1CC2. The van der Waals surface area contributed by atoms with Gasteiger partial charge in [-0.25, -0.2) is 0 Å². The minimum Gasteiger partial charge on any atom is -0.508 e. The molecule has 3 aromatic rings. The average Bonchev–Trinajstić information content (AvgIpc) is 2.98. The Morgan fingerprint density at radius 3 is 2.31 bits per heavy atom. The van der Waals surface area contributed by atoms with Crippen molar-refractivity contribution >= 4 is 0 Å². The number of aliphatic hydroxyl groups is 4. The fourth-order valence-electron chi connectivity index (χ4n) is 6.47. The van der Waals surface area contributed by atoms with Crippen molar-refractivity contribution in [3.63, 3.8) is 0 Å². The second-order valence-corrected chi connectivity index (χ2v) is 11.2. The molecule has 3 aromatic carbocycles. The molecule has 0 radical (unpaired) electrons. The first kappa shape index (κ1) is 28.5. The molecule has 0 aliphatic carbocycles. The van der Waals surface area contributed by atoms with E-state index < -0.39 is 37.3 Å². The first-order valence-electron chi connectivity index (χ1n) is 13.9. The zero-order valence-corrected chi connectivity index (χ0v) is 23.0. The third-order valence-electron chi connectivity index (χ3n) is 8.69. The van der Waals surface area contributed by atoms with Gasteiger partial charge in [-0.3, -0.25) is 4.90 Å². The average molecular weight is 582 g/mol. The maximum absolute atomic E-state index is 11.0. The highest BCUT2D eigenvalue weighted by atomic mass is 16.7. The van der Waals surface area contributed by atoms with Crippen molar-refractivity contribution in [2.45, 2.75) is 62.1 Å². The molecule has 0 bridgehead atoms. The van der Waals surface area contributed by atoms with Crippen LogP contribution >= 0.6 is 0 Å². The van der Waals surface area contributed by atoms with Crippen LogP contribution in [0.3, 0.4) is 0 Å². The summed E-state index contributed by atoms with van der Waals surface area (Å²) in [6, 6.07) is 13.7. The Hall–Kier alpha value is -3.58. The lowest BCUT2D eigenvalue weighted by molar-refractivity contribution is -0.277. The second-order valence-electron chi connectivity index (χ2n) is 11.2. The van der Waals surface area contributed by atoms with Gasteiger partial charge in [0.2, 0.25) is 6.29 Å². The maximum atomic E-state index is 11.0. The molecule has 11 nitrogen and oxygen atoms in total. The van der Waals surface area contributed by atoms with Gasteiger partial charge in [0.05, 0.1) is 13.7 Å². The third-order valence-corrected chi connectivity index (χ3v) is 8.69. The number of phenolic OH excluding ortho intramolecular Hbond substituents is 3. The number of aromatic hydroxyl groups is 3. The summed E-state index contributed by atoms with van der Waals surface area (Å²) in [4.78, 5) is 2.36. The number of rotatable bonds is 6. The summed E-state index contributed by atoms with van der Waals surface area (Å²) in [7, 11) is 1.52. The molecule has 0 spiro atoms. The Labute approximate surface area is 242 Å². The monoisotopic (exact) mass is 581 g/mol. The quantitative estimate of drug-likeness (QED) is 0.225.